The highest BCUT2D eigenvalue weighted by Crippen LogP contribution is 2.68. The molecule has 0 radical (unpaired) electrons. The van der Waals surface area contributed by atoms with E-state index in [4.69, 9.17) is 0 Å². The van der Waals surface area contributed by atoms with Gasteiger partial charge in [-0.2, -0.15) is 0 Å². The Bertz CT molecular complexity index is 626. The Balaban J connectivity index is 1.52. The van der Waals surface area contributed by atoms with Crippen LogP contribution in [-0.4, -0.2) is 21.5 Å². The van der Waals surface area contributed by atoms with Gasteiger partial charge in [0.1, 0.15) is 0 Å². The zero-order valence-electron chi connectivity index (χ0n) is 20.2. The maximum Gasteiger partial charge on any atom is 0.0577 e. The van der Waals surface area contributed by atoms with E-state index in [0.717, 1.165) is 53.9 Å². The minimum Gasteiger partial charge on any atom is -0.393 e. The second-order valence-corrected chi connectivity index (χ2v) is 14.0. The summed E-state index contributed by atoms with van der Waals surface area (Å²) in [6.45, 7) is 12.6. The molecule has 1 unspecified atom stereocenters. The van der Waals surface area contributed by atoms with Crippen molar-refractivity contribution in [2.45, 2.75) is 110 Å². The minimum atomic E-state index is -0.0650. The van der Waals surface area contributed by atoms with Crippen LogP contribution in [0.2, 0.25) is 5.54 Å². The average Bonchev–Trinajstić information content (AvgIpc) is 3.00. The van der Waals surface area contributed by atoms with Crippen LogP contribution in [0, 0.1) is 46.3 Å². The standard InChI is InChI=1S/C27H48OSi/c1-17(2)7-6-8-18(3)22-11-12-23-21-10-9-19-15-20(28)16-25(29)27(19,5)24(21)13-14-26(22,23)4/h9,17-18,20-25,28H,6-8,10-16H2,1-5,29H3/t18-,20-,21+,22-,23+,24+,25?,26-,27+/m1/s1. The number of hydrogen-bond acceptors (Lipinski definition) is 1. The van der Waals surface area contributed by atoms with Gasteiger partial charge in [0.25, 0.3) is 0 Å². The van der Waals surface area contributed by atoms with Crippen LogP contribution < -0.4 is 0 Å². The fourth-order valence-electron chi connectivity index (χ4n) is 9.10. The molecule has 9 atom stereocenters. The summed E-state index contributed by atoms with van der Waals surface area (Å²) < 4.78 is 0. The molecule has 0 bridgehead atoms. The molecule has 0 spiro atoms. The average molecular weight is 417 g/mol. The van der Waals surface area contributed by atoms with Crippen LogP contribution in [0.15, 0.2) is 11.6 Å². The number of hydrogen-bond donors (Lipinski definition) is 1. The minimum absolute atomic E-state index is 0.0650. The van der Waals surface area contributed by atoms with E-state index in [0.29, 0.717) is 10.8 Å². The first-order valence-electron chi connectivity index (χ1n) is 13.1. The topological polar surface area (TPSA) is 20.2 Å². The van der Waals surface area contributed by atoms with E-state index in [9.17, 15) is 5.11 Å². The van der Waals surface area contributed by atoms with Crippen LogP contribution >= 0.6 is 0 Å². The predicted molar refractivity (Wildman–Crippen MR) is 128 cm³/mol. The van der Waals surface area contributed by atoms with Gasteiger partial charge in [0.2, 0.25) is 0 Å². The lowest BCUT2D eigenvalue weighted by atomic mass is 9.46. The second-order valence-electron chi connectivity index (χ2n) is 12.6. The monoisotopic (exact) mass is 416 g/mol. The first kappa shape index (κ1) is 22.1. The lowest BCUT2D eigenvalue weighted by molar-refractivity contribution is -0.0568. The molecule has 0 amide bonds. The summed E-state index contributed by atoms with van der Waals surface area (Å²) >= 11 is 0. The van der Waals surface area contributed by atoms with Gasteiger partial charge >= 0.3 is 0 Å². The van der Waals surface area contributed by atoms with Crippen molar-refractivity contribution >= 4 is 10.2 Å². The second kappa shape index (κ2) is 8.12. The Morgan fingerprint density at radius 3 is 2.59 bits per heavy atom. The zero-order valence-corrected chi connectivity index (χ0v) is 22.2. The van der Waals surface area contributed by atoms with Gasteiger partial charge in [0.15, 0.2) is 0 Å². The SMILES string of the molecule is CC(C)CCC[C@@H](C)[C@H]1CC[C@H]2[C@@H]3CC=C4C[C@@H](O)CC([SiH3])[C@]4(C)[C@H]3CC[C@]12C. The first-order valence-corrected chi connectivity index (χ1v) is 14.2. The number of aliphatic hydroxyl groups is 1. The summed E-state index contributed by atoms with van der Waals surface area (Å²) in [5, 5.41) is 10.4. The highest BCUT2D eigenvalue weighted by atomic mass is 28.1. The van der Waals surface area contributed by atoms with Gasteiger partial charge in [-0.3, -0.25) is 0 Å². The molecule has 0 aromatic heterocycles. The van der Waals surface area contributed by atoms with Crippen LogP contribution in [0.25, 0.3) is 0 Å². The van der Waals surface area contributed by atoms with Crippen LogP contribution in [-0.2, 0) is 0 Å². The molecule has 3 fully saturated rings. The maximum absolute atomic E-state index is 10.4. The van der Waals surface area contributed by atoms with Gasteiger partial charge < -0.3 is 5.11 Å². The summed E-state index contributed by atoms with van der Waals surface area (Å²) in [7, 11) is 1.23. The van der Waals surface area contributed by atoms with Gasteiger partial charge in [-0.1, -0.05) is 65.5 Å². The molecular weight excluding hydrogens is 368 g/mol. The van der Waals surface area contributed by atoms with Crippen molar-refractivity contribution in [1.29, 1.82) is 0 Å². The van der Waals surface area contributed by atoms with E-state index in [2.05, 4.69) is 40.7 Å². The Morgan fingerprint density at radius 1 is 1.10 bits per heavy atom. The Kier molecular flexibility index (Phi) is 6.19. The van der Waals surface area contributed by atoms with Gasteiger partial charge in [-0.05, 0) is 96.8 Å². The molecule has 4 aliphatic carbocycles. The van der Waals surface area contributed by atoms with Crippen LogP contribution in [0.5, 0.6) is 0 Å². The Labute approximate surface area is 183 Å². The Hall–Kier alpha value is -0.0831. The number of rotatable bonds is 5. The smallest absolute Gasteiger partial charge is 0.0577 e. The fraction of sp³-hybridized carbons (Fsp3) is 0.926. The third-order valence-electron chi connectivity index (χ3n) is 10.8. The van der Waals surface area contributed by atoms with E-state index in [1.54, 1.807) is 5.57 Å². The third kappa shape index (κ3) is 3.63. The highest BCUT2D eigenvalue weighted by molar-refractivity contribution is 6.12. The quantitative estimate of drug-likeness (QED) is 0.421. The van der Waals surface area contributed by atoms with E-state index < -0.39 is 0 Å². The van der Waals surface area contributed by atoms with E-state index in [-0.39, 0.29) is 6.10 Å². The fourth-order valence-corrected chi connectivity index (χ4v) is 10.4. The maximum atomic E-state index is 10.4. The van der Waals surface area contributed by atoms with Crippen LogP contribution in [0.4, 0.5) is 0 Å². The normalized spacial score (nSPS) is 48.0. The number of allylic oxidation sites excluding steroid dienone is 1. The molecule has 3 saturated carbocycles. The van der Waals surface area contributed by atoms with Crippen molar-refractivity contribution in [2.75, 3.05) is 0 Å². The van der Waals surface area contributed by atoms with Crippen LogP contribution in [0.3, 0.4) is 0 Å². The molecule has 1 nitrogen and oxygen atoms in total. The number of fused-ring (bicyclic) bond motifs is 5. The summed E-state index contributed by atoms with van der Waals surface area (Å²) in [6.07, 6.45) is 16.1. The van der Waals surface area contributed by atoms with Crippen molar-refractivity contribution in [3.63, 3.8) is 0 Å². The Morgan fingerprint density at radius 2 is 1.86 bits per heavy atom. The molecule has 4 aliphatic rings. The van der Waals surface area contributed by atoms with Gasteiger partial charge in [-0.25, -0.2) is 0 Å². The molecular formula is C27H48OSi. The lowest BCUT2D eigenvalue weighted by Gasteiger charge is -2.60. The molecule has 0 aromatic carbocycles. The summed E-state index contributed by atoms with van der Waals surface area (Å²) in [6, 6.07) is 0. The van der Waals surface area contributed by atoms with Crippen molar-refractivity contribution in [3.8, 4) is 0 Å². The van der Waals surface area contributed by atoms with E-state index in [1.165, 1.54) is 61.6 Å². The molecule has 29 heavy (non-hydrogen) atoms. The van der Waals surface area contributed by atoms with Crippen molar-refractivity contribution in [1.82, 2.24) is 0 Å². The highest BCUT2D eigenvalue weighted by Gasteiger charge is 2.60. The predicted octanol–water partition coefficient (Wildman–Crippen LogP) is 6.15. The summed E-state index contributed by atoms with van der Waals surface area (Å²) in [5.41, 5.74) is 3.42. The van der Waals surface area contributed by atoms with Gasteiger partial charge in [-0.15, -0.1) is 0 Å². The summed E-state index contributed by atoms with van der Waals surface area (Å²) in [5.74, 6) is 5.48. The third-order valence-corrected chi connectivity index (χ3v) is 12.5. The van der Waals surface area contributed by atoms with E-state index >= 15 is 0 Å². The van der Waals surface area contributed by atoms with Gasteiger partial charge in [0, 0.05) is 10.2 Å². The molecule has 2 heteroatoms. The first-order chi connectivity index (χ1) is 13.7. The molecule has 0 heterocycles. The number of aliphatic hydroxyl groups excluding tert-OH is 1. The van der Waals surface area contributed by atoms with Crippen molar-refractivity contribution < 1.29 is 5.11 Å². The van der Waals surface area contributed by atoms with Crippen molar-refractivity contribution in [2.24, 2.45) is 46.3 Å². The largest absolute Gasteiger partial charge is 0.393 e. The van der Waals surface area contributed by atoms with Crippen molar-refractivity contribution in [3.05, 3.63) is 11.6 Å². The molecule has 0 aromatic rings. The molecule has 4 rings (SSSR count). The molecule has 166 valence electrons. The molecule has 0 aliphatic heterocycles. The van der Waals surface area contributed by atoms with Gasteiger partial charge in [0.05, 0.1) is 6.10 Å². The van der Waals surface area contributed by atoms with Crippen LogP contribution in [0.1, 0.15) is 98.8 Å². The van der Waals surface area contributed by atoms with E-state index in [1.807, 2.05) is 0 Å². The zero-order chi connectivity index (χ0) is 21.0. The summed E-state index contributed by atoms with van der Waals surface area (Å²) in [4.78, 5) is 0. The molecule has 0 saturated heterocycles. The molecule has 1 N–H and O–H groups in total. The lowest BCUT2D eigenvalue weighted by Crippen LogP contribution is -2.52.